The van der Waals surface area contributed by atoms with Gasteiger partial charge >= 0.3 is 0 Å². The maximum absolute atomic E-state index is 12.4. The summed E-state index contributed by atoms with van der Waals surface area (Å²) in [7, 11) is -3.40. The van der Waals surface area contributed by atoms with Crippen LogP contribution in [0.5, 0.6) is 0 Å². The predicted octanol–water partition coefficient (Wildman–Crippen LogP) is 0.604. The quantitative estimate of drug-likeness (QED) is 0.861. The number of nitrogens with one attached hydrogen (secondary N) is 1. The van der Waals surface area contributed by atoms with Gasteiger partial charge in [-0.3, -0.25) is 10.2 Å². The Kier molecular flexibility index (Phi) is 3.24. The van der Waals surface area contributed by atoms with Gasteiger partial charge in [0.25, 0.3) is 15.9 Å². The summed E-state index contributed by atoms with van der Waals surface area (Å²) in [5.41, 5.74) is 4.73. The summed E-state index contributed by atoms with van der Waals surface area (Å²) in [6, 6.07) is 7.45. The molecule has 0 aliphatic carbocycles. The number of carbonyl (C=O) groups excluding carboxylic acids is 1. The zero-order valence-electron chi connectivity index (χ0n) is 12.5. The van der Waals surface area contributed by atoms with Crippen molar-refractivity contribution in [2.75, 3.05) is 17.7 Å². The largest absolute Gasteiger partial charge is 0.330 e. The van der Waals surface area contributed by atoms with Crippen LogP contribution in [0.15, 0.2) is 58.9 Å². The van der Waals surface area contributed by atoms with E-state index in [1.54, 1.807) is 21.9 Å². The Balaban J connectivity index is 1.58. The molecule has 1 aromatic carbocycles. The summed E-state index contributed by atoms with van der Waals surface area (Å²) in [5, 5.41) is 0. The number of benzene rings is 1. The van der Waals surface area contributed by atoms with E-state index in [4.69, 9.17) is 0 Å². The van der Waals surface area contributed by atoms with Crippen molar-refractivity contribution in [3.63, 3.8) is 0 Å². The molecule has 8 nitrogen and oxygen atoms in total. The minimum absolute atomic E-state index is 0.0676. The van der Waals surface area contributed by atoms with Crippen LogP contribution in [0.1, 0.15) is 0 Å². The van der Waals surface area contributed by atoms with Crippen molar-refractivity contribution >= 4 is 32.8 Å². The SMILES string of the molecule is O=C(Nn1cnc2ccccc21)C1=CN2CCS(=O)(=O)N=C2C=C1. The lowest BCUT2D eigenvalue weighted by Crippen LogP contribution is -2.37. The zero-order chi connectivity index (χ0) is 16.7. The Bertz CT molecular complexity index is 1030. The zero-order valence-corrected chi connectivity index (χ0v) is 13.3. The second kappa shape index (κ2) is 5.31. The maximum Gasteiger partial charge on any atom is 0.271 e. The molecular formula is C15H13N5O3S. The lowest BCUT2D eigenvalue weighted by molar-refractivity contribution is -0.113. The van der Waals surface area contributed by atoms with E-state index < -0.39 is 10.0 Å². The summed E-state index contributed by atoms with van der Waals surface area (Å²) < 4.78 is 28.2. The van der Waals surface area contributed by atoms with Crippen molar-refractivity contribution in [2.24, 2.45) is 4.40 Å². The Labute approximate surface area is 137 Å². The van der Waals surface area contributed by atoms with Gasteiger partial charge in [0.05, 0.1) is 22.4 Å². The molecule has 3 heterocycles. The van der Waals surface area contributed by atoms with Crippen molar-refractivity contribution in [3.8, 4) is 0 Å². The first-order chi connectivity index (χ1) is 11.5. The van der Waals surface area contributed by atoms with Crippen molar-refractivity contribution in [3.05, 3.63) is 54.5 Å². The van der Waals surface area contributed by atoms with E-state index in [1.165, 1.54) is 12.4 Å². The normalized spacial score (nSPS) is 18.8. The molecule has 0 saturated heterocycles. The van der Waals surface area contributed by atoms with Crippen molar-refractivity contribution in [2.45, 2.75) is 0 Å². The summed E-state index contributed by atoms with van der Waals surface area (Å²) in [5.74, 6) is -0.0604. The molecule has 0 radical (unpaired) electrons. The van der Waals surface area contributed by atoms with Gasteiger partial charge < -0.3 is 4.90 Å². The van der Waals surface area contributed by atoms with Gasteiger partial charge in [-0.05, 0) is 24.3 Å². The topological polar surface area (TPSA) is 96.7 Å². The molecule has 2 aromatic rings. The number of sulfonamides is 1. The number of nitrogens with zero attached hydrogens (tertiary/aromatic N) is 4. The first kappa shape index (κ1) is 14.6. The lowest BCUT2D eigenvalue weighted by Gasteiger charge is -2.26. The Morgan fingerprint density at radius 2 is 2.04 bits per heavy atom. The second-order valence-electron chi connectivity index (χ2n) is 5.39. The lowest BCUT2D eigenvalue weighted by atomic mass is 10.2. The molecule has 0 spiro atoms. The van der Waals surface area contributed by atoms with Crippen LogP contribution in [0.2, 0.25) is 0 Å². The first-order valence-electron chi connectivity index (χ1n) is 7.24. The highest BCUT2D eigenvalue weighted by Gasteiger charge is 2.25. The number of amidine groups is 1. The smallest absolute Gasteiger partial charge is 0.271 e. The third-order valence-electron chi connectivity index (χ3n) is 3.76. The second-order valence-corrected chi connectivity index (χ2v) is 7.15. The number of aromatic nitrogens is 2. The number of carbonyl (C=O) groups is 1. The Hall–Kier alpha value is -2.94. The molecule has 1 amide bonds. The molecule has 1 N–H and O–H groups in total. The van der Waals surface area contributed by atoms with Crippen LogP contribution in [0, 0.1) is 0 Å². The average molecular weight is 343 g/mol. The fraction of sp³-hybridized carbons (Fsp3) is 0.133. The number of fused-ring (bicyclic) bond motifs is 2. The highest BCUT2D eigenvalue weighted by atomic mass is 32.2. The van der Waals surface area contributed by atoms with Gasteiger partial charge in [-0.1, -0.05) is 12.1 Å². The van der Waals surface area contributed by atoms with E-state index in [9.17, 15) is 13.2 Å². The number of amides is 1. The molecule has 122 valence electrons. The molecule has 0 unspecified atom stereocenters. The number of imidazole rings is 1. The number of rotatable bonds is 2. The first-order valence-corrected chi connectivity index (χ1v) is 8.85. The van der Waals surface area contributed by atoms with Crippen molar-refractivity contribution in [1.29, 1.82) is 0 Å². The number of hydrogen-bond acceptors (Lipinski definition) is 5. The van der Waals surface area contributed by atoms with Crippen LogP contribution in [-0.2, 0) is 14.8 Å². The molecule has 2 aliphatic rings. The monoisotopic (exact) mass is 343 g/mol. The van der Waals surface area contributed by atoms with E-state index >= 15 is 0 Å². The maximum atomic E-state index is 12.4. The summed E-state index contributed by atoms with van der Waals surface area (Å²) in [6.07, 6.45) is 6.21. The summed E-state index contributed by atoms with van der Waals surface area (Å²) >= 11 is 0. The Morgan fingerprint density at radius 3 is 2.92 bits per heavy atom. The van der Waals surface area contributed by atoms with E-state index in [0.717, 1.165) is 11.0 Å². The summed E-state index contributed by atoms with van der Waals surface area (Å²) in [6.45, 7) is 0.274. The molecular weight excluding hydrogens is 330 g/mol. The van der Waals surface area contributed by atoms with Crippen LogP contribution >= 0.6 is 0 Å². The predicted molar refractivity (Wildman–Crippen MR) is 89.3 cm³/mol. The Morgan fingerprint density at radius 1 is 1.21 bits per heavy atom. The minimum Gasteiger partial charge on any atom is -0.330 e. The van der Waals surface area contributed by atoms with Crippen LogP contribution in [0.25, 0.3) is 11.0 Å². The third kappa shape index (κ3) is 2.58. The highest BCUT2D eigenvalue weighted by molar-refractivity contribution is 7.90. The molecule has 9 heteroatoms. The molecule has 1 aromatic heterocycles. The van der Waals surface area contributed by atoms with Gasteiger partial charge in [-0.25, -0.2) is 18.1 Å². The van der Waals surface area contributed by atoms with E-state index in [1.807, 2.05) is 24.3 Å². The molecule has 24 heavy (non-hydrogen) atoms. The van der Waals surface area contributed by atoms with Gasteiger partial charge in [-0.2, -0.15) is 0 Å². The van der Waals surface area contributed by atoms with Gasteiger partial charge in [0.1, 0.15) is 12.2 Å². The number of para-hydroxylation sites is 2. The third-order valence-corrected chi connectivity index (χ3v) is 4.93. The van der Waals surface area contributed by atoms with E-state index in [-0.39, 0.29) is 18.2 Å². The van der Waals surface area contributed by atoms with Crippen molar-refractivity contribution in [1.82, 2.24) is 14.6 Å². The van der Waals surface area contributed by atoms with Gasteiger partial charge in [0.2, 0.25) is 0 Å². The summed E-state index contributed by atoms with van der Waals surface area (Å²) in [4.78, 5) is 18.3. The average Bonchev–Trinajstić information content (AvgIpc) is 2.97. The van der Waals surface area contributed by atoms with Crippen LogP contribution in [0.3, 0.4) is 0 Å². The molecule has 0 fully saturated rings. The van der Waals surface area contributed by atoms with Gasteiger partial charge in [0.15, 0.2) is 0 Å². The number of hydrogen-bond donors (Lipinski definition) is 1. The van der Waals surface area contributed by atoms with E-state index in [0.29, 0.717) is 11.4 Å². The van der Waals surface area contributed by atoms with E-state index in [2.05, 4.69) is 14.8 Å². The molecule has 4 rings (SSSR count). The van der Waals surface area contributed by atoms with Crippen LogP contribution < -0.4 is 5.43 Å². The van der Waals surface area contributed by atoms with Crippen LogP contribution in [-0.4, -0.2) is 47.0 Å². The minimum atomic E-state index is -3.40. The van der Waals surface area contributed by atoms with Gasteiger partial charge in [0, 0.05) is 12.7 Å². The standard InChI is InChI=1S/C15H13N5O3S/c21-15(17-20-10-16-12-3-1-2-4-13(12)20)11-5-6-14-18-24(22,23)8-7-19(14)9-11/h1-6,9-10H,7-8H2,(H,17,21). The van der Waals surface area contributed by atoms with Gasteiger partial charge in [-0.15, -0.1) is 4.40 Å². The molecule has 0 bridgehead atoms. The molecule has 2 aliphatic heterocycles. The van der Waals surface area contributed by atoms with Crippen LogP contribution in [0.4, 0.5) is 0 Å². The highest BCUT2D eigenvalue weighted by Crippen LogP contribution is 2.16. The fourth-order valence-electron chi connectivity index (χ4n) is 2.56. The fourth-order valence-corrected chi connectivity index (χ4v) is 3.53. The molecule has 0 atom stereocenters. The molecule has 0 saturated carbocycles. The van der Waals surface area contributed by atoms with Crippen molar-refractivity contribution < 1.29 is 13.2 Å².